The molecule has 3 fully saturated rings. The molecule has 0 amide bonds. The van der Waals surface area contributed by atoms with E-state index in [2.05, 4.69) is 30.7 Å². The van der Waals surface area contributed by atoms with Crippen molar-refractivity contribution in [3.8, 4) is 0 Å². The summed E-state index contributed by atoms with van der Waals surface area (Å²) in [5.41, 5.74) is 6.07. The van der Waals surface area contributed by atoms with Crippen LogP contribution >= 0.6 is 0 Å². The Morgan fingerprint density at radius 1 is 1.20 bits per heavy atom. The van der Waals surface area contributed by atoms with E-state index in [0.717, 1.165) is 38.0 Å². The lowest BCUT2D eigenvalue weighted by molar-refractivity contribution is -0.107. The molecule has 2 N–H and O–H groups in total. The molecule has 2 saturated carbocycles. The third-order valence-electron chi connectivity index (χ3n) is 6.87. The zero-order chi connectivity index (χ0) is 18.2. The number of rotatable bonds is 6. The second-order valence-electron chi connectivity index (χ2n) is 8.99. The van der Waals surface area contributed by atoms with Crippen LogP contribution in [-0.4, -0.2) is 59.5 Å². The van der Waals surface area contributed by atoms with E-state index in [1.54, 1.807) is 0 Å². The number of hydrogen-bond acceptors (Lipinski definition) is 3. The molecule has 1 aliphatic heterocycles. The molecule has 1 heterocycles. The third-order valence-corrected chi connectivity index (χ3v) is 6.87. The smallest absolute Gasteiger partial charge is 0.264 e. The van der Waals surface area contributed by atoms with Gasteiger partial charge in [0.05, 0.1) is 6.04 Å². The minimum absolute atomic E-state index is 0.0436. The highest BCUT2D eigenvalue weighted by Gasteiger charge is 2.50. The van der Waals surface area contributed by atoms with Crippen molar-refractivity contribution in [1.82, 2.24) is 9.80 Å². The number of nitrogens with two attached hydrogens (primary N) is 1. The molecule has 0 radical (unpaired) electrons. The summed E-state index contributed by atoms with van der Waals surface area (Å²) in [6, 6.07) is 0.143. The summed E-state index contributed by atoms with van der Waals surface area (Å²) in [6.07, 6.45) is 8.51. The maximum absolute atomic E-state index is 14.2. The van der Waals surface area contributed by atoms with Crippen LogP contribution in [0.1, 0.15) is 71.6 Å². The summed E-state index contributed by atoms with van der Waals surface area (Å²) in [6.45, 7) is 5.65. The van der Waals surface area contributed by atoms with Crippen LogP contribution < -0.4 is 5.73 Å². The van der Waals surface area contributed by atoms with Crippen LogP contribution in [0, 0.1) is 5.92 Å². The highest BCUT2D eigenvalue weighted by molar-refractivity contribution is 5.02. The molecule has 0 aromatic heterocycles. The number of halogens is 2. The van der Waals surface area contributed by atoms with E-state index < -0.39 is 12.0 Å². The van der Waals surface area contributed by atoms with E-state index in [0.29, 0.717) is 24.5 Å². The zero-order valence-corrected chi connectivity index (χ0v) is 16.3. The average Bonchev–Trinajstić information content (AvgIpc) is 3.35. The average molecular weight is 358 g/mol. The maximum atomic E-state index is 14.2. The first-order valence-electron chi connectivity index (χ1n) is 10.4. The van der Waals surface area contributed by atoms with Crippen LogP contribution in [0.3, 0.4) is 0 Å². The Labute approximate surface area is 152 Å². The van der Waals surface area contributed by atoms with E-state index >= 15 is 0 Å². The lowest BCUT2D eigenvalue weighted by Crippen LogP contribution is -2.65. The second kappa shape index (κ2) is 7.77. The quantitative estimate of drug-likeness (QED) is 0.783. The summed E-state index contributed by atoms with van der Waals surface area (Å²) < 4.78 is 28.5. The SMILES string of the molecule is CCC[C@H]1C[C@@H](N(C)CC2CC2)CC(C)N1[C@H]1CCCC(F)(F)[C@@H]1N. The Morgan fingerprint density at radius 2 is 1.92 bits per heavy atom. The Hall–Kier alpha value is -0.260. The Bertz CT molecular complexity index is 441. The van der Waals surface area contributed by atoms with Crippen molar-refractivity contribution in [2.45, 2.75) is 108 Å². The maximum Gasteiger partial charge on any atom is 0.264 e. The van der Waals surface area contributed by atoms with Gasteiger partial charge < -0.3 is 10.6 Å². The zero-order valence-electron chi connectivity index (χ0n) is 16.3. The fourth-order valence-electron chi connectivity index (χ4n) is 5.33. The van der Waals surface area contributed by atoms with Gasteiger partial charge in [-0.2, -0.15) is 0 Å². The van der Waals surface area contributed by atoms with Gasteiger partial charge in [-0.25, -0.2) is 8.78 Å². The Kier molecular flexibility index (Phi) is 6.06. The van der Waals surface area contributed by atoms with Crippen molar-refractivity contribution in [1.29, 1.82) is 0 Å². The first-order chi connectivity index (χ1) is 11.8. The van der Waals surface area contributed by atoms with Crippen molar-refractivity contribution >= 4 is 0 Å². The van der Waals surface area contributed by atoms with Gasteiger partial charge >= 0.3 is 0 Å². The van der Waals surface area contributed by atoms with E-state index in [1.165, 1.54) is 19.4 Å². The van der Waals surface area contributed by atoms with Crippen LogP contribution in [0.2, 0.25) is 0 Å². The molecule has 3 rings (SSSR count). The van der Waals surface area contributed by atoms with E-state index in [4.69, 9.17) is 5.73 Å². The highest BCUT2D eigenvalue weighted by atomic mass is 19.3. The van der Waals surface area contributed by atoms with Crippen LogP contribution in [0.5, 0.6) is 0 Å². The summed E-state index contributed by atoms with van der Waals surface area (Å²) in [5.74, 6) is -1.81. The fraction of sp³-hybridized carbons (Fsp3) is 1.00. The Balaban J connectivity index is 1.71. The van der Waals surface area contributed by atoms with Gasteiger partial charge in [-0.15, -0.1) is 0 Å². The minimum Gasteiger partial charge on any atom is -0.321 e. The van der Waals surface area contributed by atoms with Crippen molar-refractivity contribution in [3.05, 3.63) is 0 Å². The van der Waals surface area contributed by atoms with Gasteiger partial charge in [-0.3, -0.25) is 4.90 Å². The normalized spacial score (nSPS) is 39.7. The topological polar surface area (TPSA) is 32.5 Å². The summed E-state index contributed by atoms with van der Waals surface area (Å²) in [5, 5.41) is 0. The van der Waals surface area contributed by atoms with E-state index in [1.807, 2.05) is 0 Å². The van der Waals surface area contributed by atoms with Gasteiger partial charge in [0.1, 0.15) is 0 Å². The molecule has 0 bridgehead atoms. The molecule has 5 atom stereocenters. The minimum atomic E-state index is -2.71. The summed E-state index contributed by atoms with van der Waals surface area (Å²) in [7, 11) is 2.26. The molecule has 3 aliphatic rings. The lowest BCUT2D eigenvalue weighted by Gasteiger charge is -2.53. The first kappa shape index (κ1) is 19.5. The summed E-state index contributed by atoms with van der Waals surface area (Å²) >= 11 is 0. The van der Waals surface area contributed by atoms with Crippen LogP contribution in [0.25, 0.3) is 0 Å². The van der Waals surface area contributed by atoms with Crippen molar-refractivity contribution in [2.75, 3.05) is 13.6 Å². The number of likely N-dealkylation sites (tertiary alicyclic amines) is 1. The molecular formula is C20H37F2N3. The standard InChI is InChI=1S/C20H37F2N3/c1-4-6-16-12-17(24(3)13-15-8-9-15)11-14(2)25(16)18-7-5-10-20(21,22)19(18)23/h14-19H,4-13,23H2,1-3H3/t14?,16-,17-,18-,19+/m0/s1. The lowest BCUT2D eigenvalue weighted by atomic mass is 9.80. The van der Waals surface area contributed by atoms with Crippen molar-refractivity contribution < 1.29 is 8.78 Å². The molecule has 25 heavy (non-hydrogen) atoms. The molecular weight excluding hydrogens is 320 g/mol. The molecule has 5 heteroatoms. The van der Waals surface area contributed by atoms with Crippen LogP contribution in [0.4, 0.5) is 8.78 Å². The number of hydrogen-bond donors (Lipinski definition) is 1. The van der Waals surface area contributed by atoms with Crippen LogP contribution in [0.15, 0.2) is 0 Å². The monoisotopic (exact) mass is 357 g/mol. The van der Waals surface area contributed by atoms with Gasteiger partial charge in [0, 0.05) is 37.1 Å². The number of nitrogens with zero attached hydrogens (tertiary/aromatic N) is 2. The number of alkyl halides is 2. The van der Waals surface area contributed by atoms with Crippen molar-refractivity contribution in [2.24, 2.45) is 11.7 Å². The summed E-state index contributed by atoms with van der Waals surface area (Å²) in [4.78, 5) is 4.95. The molecule has 1 saturated heterocycles. The van der Waals surface area contributed by atoms with Gasteiger partial charge in [-0.1, -0.05) is 13.3 Å². The molecule has 0 aromatic rings. The first-order valence-corrected chi connectivity index (χ1v) is 10.4. The largest absolute Gasteiger partial charge is 0.321 e. The predicted octanol–water partition coefficient (Wildman–Crippen LogP) is 3.86. The van der Waals surface area contributed by atoms with Crippen molar-refractivity contribution in [3.63, 3.8) is 0 Å². The predicted molar refractivity (Wildman–Crippen MR) is 98.9 cm³/mol. The second-order valence-corrected chi connectivity index (χ2v) is 8.99. The Morgan fingerprint density at radius 3 is 2.56 bits per heavy atom. The van der Waals surface area contributed by atoms with E-state index in [9.17, 15) is 8.78 Å². The van der Waals surface area contributed by atoms with Gasteiger partial charge in [0.2, 0.25) is 0 Å². The van der Waals surface area contributed by atoms with Gasteiger partial charge in [0.25, 0.3) is 5.92 Å². The van der Waals surface area contributed by atoms with Gasteiger partial charge in [-0.05, 0) is 64.8 Å². The van der Waals surface area contributed by atoms with E-state index in [-0.39, 0.29) is 12.5 Å². The van der Waals surface area contributed by atoms with Gasteiger partial charge in [0.15, 0.2) is 0 Å². The fourth-order valence-corrected chi connectivity index (χ4v) is 5.33. The molecule has 0 aromatic carbocycles. The molecule has 146 valence electrons. The molecule has 3 nitrogen and oxygen atoms in total. The molecule has 2 aliphatic carbocycles. The molecule has 1 unspecified atom stereocenters. The molecule has 0 spiro atoms. The van der Waals surface area contributed by atoms with Crippen LogP contribution in [-0.2, 0) is 0 Å². The highest BCUT2D eigenvalue weighted by Crippen LogP contribution is 2.40. The number of piperidine rings is 1. The third kappa shape index (κ3) is 4.36.